The van der Waals surface area contributed by atoms with E-state index in [2.05, 4.69) is 11.1 Å². The summed E-state index contributed by atoms with van der Waals surface area (Å²) in [5, 5.41) is 0. The molecule has 0 unspecified atom stereocenters. The summed E-state index contributed by atoms with van der Waals surface area (Å²) in [6, 6.07) is 0. The zero-order chi connectivity index (χ0) is 16.5. The van der Waals surface area contributed by atoms with E-state index in [4.69, 9.17) is 4.55 Å². The summed E-state index contributed by atoms with van der Waals surface area (Å²) in [5.41, 5.74) is 0. The maximum atomic E-state index is 10.3. The van der Waals surface area contributed by atoms with E-state index < -0.39 is 10.4 Å². The third kappa shape index (κ3) is 25.2. The van der Waals surface area contributed by atoms with Crippen molar-refractivity contribution in [2.24, 2.45) is 0 Å². The van der Waals surface area contributed by atoms with E-state index in [0.29, 0.717) is 6.42 Å². The summed E-state index contributed by atoms with van der Waals surface area (Å²) in [5.74, 6) is 0. The average molecular weight is 360 g/mol. The Morgan fingerprint density at radius 3 is 1.26 bits per heavy atom. The van der Waals surface area contributed by atoms with Crippen LogP contribution in [0.15, 0.2) is 0 Å². The van der Waals surface area contributed by atoms with Gasteiger partial charge in [0.1, 0.15) is 0 Å². The Morgan fingerprint density at radius 2 is 0.957 bits per heavy atom. The van der Waals surface area contributed by atoms with Gasteiger partial charge in [-0.1, -0.05) is 96.8 Å². The SMILES string of the molecule is CCCCCCCCCCCCCCCCCOS(=O)(=O)O.[Na+]. The predicted octanol–water partition coefficient (Wildman–Crippen LogP) is 2.68. The van der Waals surface area contributed by atoms with E-state index in [-0.39, 0.29) is 36.2 Å². The smallest absolute Gasteiger partial charge is 0.264 e. The summed E-state index contributed by atoms with van der Waals surface area (Å²) in [7, 11) is -4.24. The van der Waals surface area contributed by atoms with Gasteiger partial charge >= 0.3 is 40.0 Å². The Kier molecular flexibility index (Phi) is 21.8. The second-order valence-corrected chi connectivity index (χ2v) is 7.29. The van der Waals surface area contributed by atoms with E-state index in [1.807, 2.05) is 0 Å². The van der Waals surface area contributed by atoms with E-state index in [1.165, 1.54) is 77.0 Å². The van der Waals surface area contributed by atoms with Crippen molar-refractivity contribution in [3.8, 4) is 0 Å². The van der Waals surface area contributed by atoms with Gasteiger partial charge in [0.25, 0.3) is 0 Å². The second kappa shape index (κ2) is 19.2. The van der Waals surface area contributed by atoms with Crippen LogP contribution in [0.1, 0.15) is 103 Å². The molecule has 0 fully saturated rings. The Bertz CT molecular complexity index is 321. The van der Waals surface area contributed by atoms with Gasteiger partial charge in [0.2, 0.25) is 0 Å². The van der Waals surface area contributed by atoms with E-state index in [0.717, 1.165) is 12.8 Å². The van der Waals surface area contributed by atoms with Crippen LogP contribution in [-0.4, -0.2) is 19.6 Å². The fourth-order valence-electron chi connectivity index (χ4n) is 2.64. The van der Waals surface area contributed by atoms with Crippen molar-refractivity contribution < 1.29 is 46.7 Å². The van der Waals surface area contributed by atoms with Crippen LogP contribution in [-0.2, 0) is 14.6 Å². The average Bonchev–Trinajstić information content (AvgIpc) is 2.45. The molecule has 0 bridgehead atoms. The van der Waals surface area contributed by atoms with Crippen molar-refractivity contribution in [2.45, 2.75) is 103 Å². The fourth-order valence-corrected chi connectivity index (χ4v) is 2.97. The molecule has 23 heavy (non-hydrogen) atoms. The third-order valence-electron chi connectivity index (χ3n) is 3.98. The molecule has 0 aliphatic rings. The fraction of sp³-hybridized carbons (Fsp3) is 1.00. The van der Waals surface area contributed by atoms with Crippen LogP contribution < -0.4 is 29.6 Å². The summed E-state index contributed by atoms with van der Waals surface area (Å²) < 4.78 is 33.3. The van der Waals surface area contributed by atoms with Crippen molar-refractivity contribution in [2.75, 3.05) is 6.61 Å². The molecule has 0 atom stereocenters. The number of hydrogen-bond acceptors (Lipinski definition) is 3. The summed E-state index contributed by atoms with van der Waals surface area (Å²) in [6.07, 6.45) is 19.0. The van der Waals surface area contributed by atoms with Crippen LogP contribution in [0.4, 0.5) is 0 Å². The molecule has 0 rings (SSSR count). The number of rotatable bonds is 17. The van der Waals surface area contributed by atoms with E-state index in [1.54, 1.807) is 0 Å². The van der Waals surface area contributed by atoms with Crippen molar-refractivity contribution in [3.63, 3.8) is 0 Å². The summed E-state index contributed by atoms with van der Waals surface area (Å²) in [4.78, 5) is 0. The zero-order valence-electron chi connectivity index (χ0n) is 15.4. The van der Waals surface area contributed by atoms with Gasteiger partial charge in [-0.25, -0.2) is 4.18 Å². The molecule has 4 nitrogen and oxygen atoms in total. The van der Waals surface area contributed by atoms with Crippen molar-refractivity contribution in [3.05, 3.63) is 0 Å². The molecule has 0 spiro atoms. The first-order chi connectivity index (χ1) is 10.6. The second-order valence-electron chi connectivity index (χ2n) is 6.20. The molecule has 0 amide bonds. The summed E-state index contributed by atoms with van der Waals surface area (Å²) in [6.45, 7) is 2.35. The molecule has 0 aliphatic heterocycles. The maximum absolute atomic E-state index is 10.3. The molecule has 0 radical (unpaired) electrons. The molecule has 0 saturated carbocycles. The monoisotopic (exact) mass is 359 g/mol. The van der Waals surface area contributed by atoms with Crippen LogP contribution in [0, 0.1) is 0 Å². The van der Waals surface area contributed by atoms with Gasteiger partial charge in [0.05, 0.1) is 6.61 Å². The minimum Gasteiger partial charge on any atom is -0.264 e. The first-order valence-corrected chi connectivity index (χ1v) is 10.5. The molecule has 0 aliphatic carbocycles. The van der Waals surface area contributed by atoms with Gasteiger partial charge in [-0.3, -0.25) is 4.55 Å². The van der Waals surface area contributed by atoms with Crippen molar-refractivity contribution in [1.29, 1.82) is 0 Å². The molecular weight excluding hydrogens is 323 g/mol. The molecular formula is C17H36NaO4S+. The molecule has 1 N–H and O–H groups in total. The van der Waals surface area contributed by atoms with Crippen LogP contribution in [0.25, 0.3) is 0 Å². The van der Waals surface area contributed by atoms with E-state index >= 15 is 0 Å². The predicted molar refractivity (Wildman–Crippen MR) is 92.4 cm³/mol. The Balaban J connectivity index is 0. The first kappa shape index (κ1) is 26.1. The van der Waals surface area contributed by atoms with E-state index in [9.17, 15) is 8.42 Å². The zero-order valence-corrected chi connectivity index (χ0v) is 18.2. The molecule has 0 aromatic heterocycles. The third-order valence-corrected chi connectivity index (χ3v) is 4.44. The van der Waals surface area contributed by atoms with Gasteiger partial charge in [-0.2, -0.15) is 8.42 Å². The molecule has 0 aromatic rings. The van der Waals surface area contributed by atoms with Crippen LogP contribution >= 0.6 is 0 Å². The minimum absolute atomic E-state index is 0. The van der Waals surface area contributed by atoms with Crippen molar-refractivity contribution >= 4 is 10.4 Å². The maximum Gasteiger partial charge on any atom is 1.00 e. The quantitative estimate of drug-likeness (QED) is 0.246. The molecule has 0 saturated heterocycles. The Hall–Kier alpha value is 0.870. The minimum atomic E-state index is -4.24. The first-order valence-electron chi connectivity index (χ1n) is 9.18. The molecule has 134 valence electrons. The van der Waals surface area contributed by atoms with Gasteiger partial charge in [-0.05, 0) is 6.42 Å². The van der Waals surface area contributed by atoms with Crippen LogP contribution in [0.3, 0.4) is 0 Å². The van der Waals surface area contributed by atoms with Crippen molar-refractivity contribution in [1.82, 2.24) is 0 Å². The van der Waals surface area contributed by atoms with Gasteiger partial charge in [-0.15, -0.1) is 0 Å². The topological polar surface area (TPSA) is 63.6 Å². The Labute approximate surface area is 166 Å². The van der Waals surface area contributed by atoms with Crippen LogP contribution in [0.5, 0.6) is 0 Å². The largest absolute Gasteiger partial charge is 1.00 e. The molecule has 6 heteroatoms. The van der Waals surface area contributed by atoms with Crippen LogP contribution in [0.2, 0.25) is 0 Å². The Morgan fingerprint density at radius 1 is 0.652 bits per heavy atom. The molecule has 0 heterocycles. The number of hydrogen-bond donors (Lipinski definition) is 1. The van der Waals surface area contributed by atoms with Gasteiger partial charge in [0.15, 0.2) is 0 Å². The normalized spacial score (nSPS) is 11.4. The molecule has 0 aromatic carbocycles. The number of unbranched alkanes of at least 4 members (excludes halogenated alkanes) is 14. The van der Waals surface area contributed by atoms with Gasteiger partial charge in [0, 0.05) is 0 Å². The van der Waals surface area contributed by atoms with Gasteiger partial charge < -0.3 is 0 Å². The summed E-state index contributed by atoms with van der Waals surface area (Å²) >= 11 is 0. The standard InChI is InChI=1S/C17H36O4S.Na/c1-2-3-4-5-6-7-8-9-10-11-12-13-14-15-16-17-21-22(18,19)20;/h2-17H2,1H3,(H,18,19,20);/q;+1.